The van der Waals surface area contributed by atoms with Crippen LogP contribution in [0.1, 0.15) is 40.0 Å². The molecule has 0 saturated carbocycles. The fourth-order valence-electron chi connectivity index (χ4n) is 4.86. The number of hydrogen-bond acceptors (Lipinski definition) is 6. The van der Waals surface area contributed by atoms with Crippen LogP contribution in [-0.4, -0.2) is 46.8 Å². The van der Waals surface area contributed by atoms with Gasteiger partial charge in [0.25, 0.3) is 5.91 Å². The lowest BCUT2D eigenvalue weighted by Crippen LogP contribution is -2.48. The highest BCUT2D eigenvalue weighted by Crippen LogP contribution is 2.44. The molecule has 1 heterocycles. The molecule has 0 spiro atoms. The third-order valence-electron chi connectivity index (χ3n) is 6.93. The molecule has 41 heavy (non-hydrogen) atoms. The van der Waals surface area contributed by atoms with Crippen molar-refractivity contribution in [3.05, 3.63) is 119 Å². The van der Waals surface area contributed by atoms with E-state index >= 15 is 0 Å². The number of pyridine rings is 1. The average Bonchev–Trinajstić information content (AvgIpc) is 3.31. The lowest BCUT2D eigenvalue weighted by Gasteiger charge is -2.22. The Bertz CT molecular complexity index is 1510. The predicted molar refractivity (Wildman–Crippen MR) is 153 cm³/mol. The van der Waals surface area contributed by atoms with Gasteiger partial charge in [0, 0.05) is 5.92 Å². The van der Waals surface area contributed by atoms with Gasteiger partial charge in [-0.1, -0.05) is 84.9 Å². The SMILES string of the molecule is C[C@@H](OCc1ccccc1)[C@H](NC(=O)c1cccc(NC(=O)OCC2c3ccccc3-c3ccccc32)n1)C(=O)O. The van der Waals surface area contributed by atoms with Gasteiger partial charge in [-0.2, -0.15) is 0 Å². The number of aliphatic carboxylic acids is 1. The third kappa shape index (κ3) is 6.42. The minimum atomic E-state index is -1.31. The van der Waals surface area contributed by atoms with E-state index in [4.69, 9.17) is 9.47 Å². The van der Waals surface area contributed by atoms with Crippen molar-refractivity contribution < 1.29 is 29.0 Å². The van der Waals surface area contributed by atoms with Gasteiger partial charge in [-0.05, 0) is 46.9 Å². The molecular formula is C32H29N3O6. The normalized spacial score (nSPS) is 13.4. The number of ether oxygens (including phenoxy) is 2. The molecule has 0 fully saturated rings. The summed E-state index contributed by atoms with van der Waals surface area (Å²) >= 11 is 0. The maximum absolute atomic E-state index is 12.9. The number of nitrogens with zero attached hydrogens (tertiary/aromatic N) is 1. The summed E-state index contributed by atoms with van der Waals surface area (Å²) in [5, 5.41) is 14.7. The first-order valence-electron chi connectivity index (χ1n) is 13.2. The molecule has 1 aromatic heterocycles. The number of anilines is 1. The molecule has 4 aromatic rings. The van der Waals surface area contributed by atoms with E-state index in [1.807, 2.05) is 66.7 Å². The van der Waals surface area contributed by atoms with Crippen LogP contribution >= 0.6 is 0 Å². The maximum atomic E-state index is 12.9. The number of amides is 2. The first-order chi connectivity index (χ1) is 19.9. The lowest BCUT2D eigenvalue weighted by atomic mass is 9.98. The van der Waals surface area contributed by atoms with Gasteiger partial charge in [-0.3, -0.25) is 10.1 Å². The summed E-state index contributed by atoms with van der Waals surface area (Å²) in [6.45, 7) is 1.89. The van der Waals surface area contributed by atoms with Gasteiger partial charge in [0.05, 0.1) is 12.7 Å². The zero-order chi connectivity index (χ0) is 28.8. The molecule has 0 bridgehead atoms. The number of hydrogen-bond donors (Lipinski definition) is 3. The zero-order valence-electron chi connectivity index (χ0n) is 22.3. The van der Waals surface area contributed by atoms with E-state index < -0.39 is 30.1 Å². The van der Waals surface area contributed by atoms with Crippen LogP contribution in [0.4, 0.5) is 10.6 Å². The Labute approximate surface area is 237 Å². The van der Waals surface area contributed by atoms with Crippen molar-refractivity contribution >= 4 is 23.8 Å². The van der Waals surface area contributed by atoms with Gasteiger partial charge in [-0.25, -0.2) is 14.6 Å². The Morgan fingerprint density at radius 2 is 1.49 bits per heavy atom. The quantitative estimate of drug-likeness (QED) is 0.246. The van der Waals surface area contributed by atoms with Gasteiger partial charge < -0.3 is 19.9 Å². The summed E-state index contributed by atoms with van der Waals surface area (Å²) in [5.74, 6) is -1.97. The van der Waals surface area contributed by atoms with Crippen LogP contribution < -0.4 is 10.6 Å². The number of carbonyl (C=O) groups is 3. The van der Waals surface area contributed by atoms with Gasteiger partial charge in [0.15, 0.2) is 6.04 Å². The summed E-state index contributed by atoms with van der Waals surface area (Å²) in [7, 11) is 0. The molecule has 5 rings (SSSR count). The van der Waals surface area contributed by atoms with Crippen molar-refractivity contribution in [1.29, 1.82) is 0 Å². The van der Waals surface area contributed by atoms with Crippen molar-refractivity contribution in [2.75, 3.05) is 11.9 Å². The van der Waals surface area contributed by atoms with Crippen molar-refractivity contribution in [3.63, 3.8) is 0 Å². The second-order valence-corrected chi connectivity index (χ2v) is 9.65. The summed E-state index contributed by atoms with van der Waals surface area (Å²) in [6, 6.07) is 28.5. The van der Waals surface area contributed by atoms with Gasteiger partial charge in [-0.15, -0.1) is 0 Å². The molecule has 2 amide bonds. The summed E-state index contributed by atoms with van der Waals surface area (Å²) in [6.07, 6.45) is -1.54. The molecule has 0 unspecified atom stereocenters. The fourth-order valence-corrected chi connectivity index (χ4v) is 4.86. The smallest absolute Gasteiger partial charge is 0.412 e. The van der Waals surface area contributed by atoms with E-state index in [0.29, 0.717) is 0 Å². The van der Waals surface area contributed by atoms with E-state index in [1.54, 1.807) is 6.92 Å². The summed E-state index contributed by atoms with van der Waals surface area (Å²) in [5.41, 5.74) is 5.24. The van der Waals surface area contributed by atoms with Crippen LogP contribution in [0.25, 0.3) is 11.1 Å². The van der Waals surface area contributed by atoms with E-state index in [-0.39, 0.29) is 30.6 Å². The molecule has 208 valence electrons. The molecule has 0 aliphatic heterocycles. The van der Waals surface area contributed by atoms with Crippen molar-refractivity contribution in [3.8, 4) is 11.1 Å². The van der Waals surface area contributed by atoms with Crippen LogP contribution in [0.15, 0.2) is 97.1 Å². The highest BCUT2D eigenvalue weighted by Gasteiger charge is 2.30. The van der Waals surface area contributed by atoms with E-state index in [2.05, 4.69) is 27.8 Å². The third-order valence-corrected chi connectivity index (χ3v) is 6.93. The topological polar surface area (TPSA) is 127 Å². The second-order valence-electron chi connectivity index (χ2n) is 9.65. The van der Waals surface area contributed by atoms with E-state index in [0.717, 1.165) is 27.8 Å². The molecule has 2 atom stereocenters. The van der Waals surface area contributed by atoms with Crippen LogP contribution in [0.2, 0.25) is 0 Å². The Kier molecular flexibility index (Phi) is 8.36. The van der Waals surface area contributed by atoms with Crippen LogP contribution in [-0.2, 0) is 20.9 Å². The van der Waals surface area contributed by atoms with Gasteiger partial charge in [0.1, 0.15) is 18.1 Å². The minimum Gasteiger partial charge on any atom is -0.480 e. The maximum Gasteiger partial charge on any atom is 0.412 e. The molecule has 9 nitrogen and oxygen atoms in total. The first kappa shape index (κ1) is 27.5. The molecule has 3 N–H and O–H groups in total. The minimum absolute atomic E-state index is 0.0667. The number of carboxylic acid groups (broad SMARTS) is 1. The van der Waals surface area contributed by atoms with Crippen molar-refractivity contribution in [2.45, 2.75) is 31.6 Å². The Morgan fingerprint density at radius 3 is 2.15 bits per heavy atom. The molecule has 1 aliphatic rings. The molecule has 3 aromatic carbocycles. The van der Waals surface area contributed by atoms with Crippen LogP contribution in [0.3, 0.4) is 0 Å². The number of nitrogens with one attached hydrogen (secondary N) is 2. The van der Waals surface area contributed by atoms with E-state index in [1.165, 1.54) is 18.2 Å². The molecular weight excluding hydrogens is 522 g/mol. The standard InChI is InChI=1S/C32H29N3O6/c1-20(40-18-21-10-3-2-4-11-21)29(31(37)38)35-30(36)27-16-9-17-28(33-27)34-32(39)41-19-26-24-14-7-5-12-22(24)23-13-6-8-15-25(23)26/h2-17,20,26,29H,18-19H2,1H3,(H,35,36)(H,37,38)(H,33,34,39)/t20-,29+/m1/s1. The Balaban J connectivity index is 1.18. The first-order valence-corrected chi connectivity index (χ1v) is 13.2. The lowest BCUT2D eigenvalue weighted by molar-refractivity contribution is -0.143. The van der Waals surface area contributed by atoms with Gasteiger partial charge >= 0.3 is 12.1 Å². The molecule has 0 radical (unpaired) electrons. The van der Waals surface area contributed by atoms with Crippen LogP contribution in [0, 0.1) is 0 Å². The van der Waals surface area contributed by atoms with Crippen molar-refractivity contribution in [2.24, 2.45) is 0 Å². The molecule has 9 heteroatoms. The highest BCUT2D eigenvalue weighted by molar-refractivity contribution is 5.96. The number of carboxylic acids is 1. The molecule has 0 saturated heterocycles. The molecule has 1 aliphatic carbocycles. The predicted octanol–water partition coefficient (Wildman–Crippen LogP) is 5.23. The second kappa shape index (κ2) is 12.4. The number of rotatable bonds is 10. The summed E-state index contributed by atoms with van der Waals surface area (Å²) < 4.78 is 11.2. The number of carbonyl (C=O) groups excluding carboxylic acids is 2. The van der Waals surface area contributed by atoms with Crippen molar-refractivity contribution in [1.82, 2.24) is 10.3 Å². The van der Waals surface area contributed by atoms with Gasteiger partial charge in [0.2, 0.25) is 0 Å². The largest absolute Gasteiger partial charge is 0.480 e. The average molecular weight is 552 g/mol. The Hall–Kier alpha value is -5.02. The number of benzene rings is 3. The summed E-state index contributed by atoms with van der Waals surface area (Å²) in [4.78, 5) is 41.6. The fraction of sp³-hybridized carbons (Fsp3) is 0.188. The van der Waals surface area contributed by atoms with Crippen LogP contribution in [0.5, 0.6) is 0 Å². The number of fused-ring (bicyclic) bond motifs is 3. The zero-order valence-corrected chi connectivity index (χ0v) is 22.3. The monoisotopic (exact) mass is 551 g/mol. The van der Waals surface area contributed by atoms with E-state index in [9.17, 15) is 19.5 Å². The Morgan fingerprint density at radius 1 is 0.854 bits per heavy atom. The highest BCUT2D eigenvalue weighted by atomic mass is 16.5. The number of aromatic nitrogens is 1.